The first kappa shape index (κ1) is 11.2. The van der Waals surface area contributed by atoms with Crippen LogP contribution in [0.15, 0.2) is 11.6 Å². The van der Waals surface area contributed by atoms with Crippen molar-refractivity contribution in [1.82, 2.24) is 5.32 Å². The highest BCUT2D eigenvalue weighted by atomic mass is 16.4. The number of hydrogen-bond acceptors (Lipinski definition) is 3. The minimum Gasteiger partial charge on any atom is -0.477 e. The third-order valence-electron chi connectivity index (χ3n) is 1.12. The van der Waals surface area contributed by atoms with E-state index in [9.17, 15) is 14.4 Å². The fourth-order valence-corrected chi connectivity index (χ4v) is 0.595. The maximum Gasteiger partial charge on any atom is 0.341 e. The lowest BCUT2D eigenvalue weighted by molar-refractivity contribution is -0.135. The lowest BCUT2D eigenvalue weighted by Crippen LogP contribution is -2.26. The summed E-state index contributed by atoms with van der Waals surface area (Å²) >= 11 is 0. The summed E-state index contributed by atoms with van der Waals surface area (Å²) in [5, 5.41) is 10.7. The Labute approximate surface area is 74.4 Å². The summed E-state index contributed by atoms with van der Waals surface area (Å²) in [4.78, 5) is 31.6. The highest BCUT2D eigenvalue weighted by Gasteiger charge is 2.15. The lowest BCUT2D eigenvalue weighted by atomic mass is 10.2. The van der Waals surface area contributed by atoms with Gasteiger partial charge in [-0.3, -0.25) is 9.59 Å². The molecule has 13 heavy (non-hydrogen) atoms. The third-order valence-corrected chi connectivity index (χ3v) is 1.12. The molecular formula is C7H10N2O4. The molecule has 0 aromatic rings. The van der Waals surface area contributed by atoms with E-state index in [1.54, 1.807) is 6.92 Å². The molecule has 0 aromatic carbocycles. The van der Waals surface area contributed by atoms with Crippen LogP contribution >= 0.6 is 0 Å². The van der Waals surface area contributed by atoms with Crippen LogP contribution in [0.5, 0.6) is 0 Å². The van der Waals surface area contributed by atoms with Gasteiger partial charge < -0.3 is 16.2 Å². The molecule has 0 aliphatic rings. The van der Waals surface area contributed by atoms with E-state index < -0.39 is 23.4 Å². The molecule has 0 aliphatic heterocycles. The van der Waals surface area contributed by atoms with Crippen molar-refractivity contribution >= 4 is 17.8 Å². The van der Waals surface area contributed by atoms with E-state index in [1.807, 2.05) is 0 Å². The van der Waals surface area contributed by atoms with Gasteiger partial charge in [0.05, 0.1) is 0 Å². The molecule has 4 N–H and O–H groups in total. The molecular weight excluding hydrogens is 176 g/mol. The van der Waals surface area contributed by atoms with Crippen molar-refractivity contribution in [2.75, 3.05) is 6.54 Å². The normalized spacial score (nSPS) is 10.7. The van der Waals surface area contributed by atoms with Gasteiger partial charge in [-0.2, -0.15) is 0 Å². The van der Waals surface area contributed by atoms with Gasteiger partial charge in [0.25, 0.3) is 5.91 Å². The van der Waals surface area contributed by atoms with E-state index in [0.29, 0.717) is 12.6 Å². The van der Waals surface area contributed by atoms with Crippen molar-refractivity contribution < 1.29 is 19.5 Å². The minimum atomic E-state index is -1.52. The summed E-state index contributed by atoms with van der Waals surface area (Å²) in [7, 11) is 0. The summed E-state index contributed by atoms with van der Waals surface area (Å²) in [6.07, 6.45) is 0.661. The molecule has 0 radical (unpaired) electrons. The number of amides is 2. The Kier molecular flexibility index (Phi) is 4.21. The number of nitrogens with two attached hydrogens (primary N) is 1. The summed E-state index contributed by atoms with van der Waals surface area (Å²) in [5.41, 5.74) is 3.98. The lowest BCUT2D eigenvalue weighted by Gasteiger charge is -1.97. The van der Waals surface area contributed by atoms with Crippen LogP contribution < -0.4 is 11.1 Å². The Morgan fingerprint density at radius 1 is 1.46 bits per heavy atom. The van der Waals surface area contributed by atoms with Crippen LogP contribution in [0.3, 0.4) is 0 Å². The highest BCUT2D eigenvalue weighted by Crippen LogP contribution is 1.92. The third kappa shape index (κ3) is 3.90. The quantitative estimate of drug-likeness (QED) is 0.285. The van der Waals surface area contributed by atoms with E-state index >= 15 is 0 Å². The fourth-order valence-electron chi connectivity index (χ4n) is 0.595. The predicted molar refractivity (Wildman–Crippen MR) is 43.6 cm³/mol. The largest absolute Gasteiger partial charge is 0.477 e. The van der Waals surface area contributed by atoms with E-state index in [1.165, 1.54) is 0 Å². The smallest absolute Gasteiger partial charge is 0.341 e. The molecule has 6 nitrogen and oxygen atoms in total. The molecule has 0 saturated carbocycles. The van der Waals surface area contributed by atoms with Gasteiger partial charge in [-0.1, -0.05) is 0 Å². The number of nitrogens with one attached hydrogen (secondary N) is 1. The molecule has 0 atom stereocenters. The second kappa shape index (κ2) is 4.91. The van der Waals surface area contributed by atoms with Crippen LogP contribution in [-0.4, -0.2) is 29.4 Å². The van der Waals surface area contributed by atoms with Crippen molar-refractivity contribution in [2.24, 2.45) is 5.73 Å². The molecule has 0 fully saturated rings. The molecule has 0 rings (SSSR count). The first-order valence-corrected chi connectivity index (χ1v) is 3.51. The van der Waals surface area contributed by atoms with Crippen molar-refractivity contribution in [1.29, 1.82) is 0 Å². The van der Waals surface area contributed by atoms with Gasteiger partial charge in [0.15, 0.2) is 0 Å². The van der Waals surface area contributed by atoms with Gasteiger partial charge in [0.2, 0.25) is 5.91 Å². The van der Waals surface area contributed by atoms with Crippen molar-refractivity contribution in [3.8, 4) is 0 Å². The molecule has 72 valence electrons. The number of aliphatic carboxylic acids is 1. The van der Waals surface area contributed by atoms with Gasteiger partial charge in [-0.15, -0.1) is 0 Å². The van der Waals surface area contributed by atoms with Crippen molar-refractivity contribution in [3.05, 3.63) is 11.6 Å². The van der Waals surface area contributed by atoms with Gasteiger partial charge in [0, 0.05) is 12.6 Å². The van der Waals surface area contributed by atoms with Crippen molar-refractivity contribution in [3.63, 3.8) is 0 Å². The molecule has 0 aromatic heterocycles. The maximum absolute atomic E-state index is 10.8. The van der Waals surface area contributed by atoms with E-state index in [0.717, 1.165) is 0 Å². The monoisotopic (exact) mass is 186 g/mol. The fraction of sp³-hybridized carbons (Fsp3) is 0.286. The van der Waals surface area contributed by atoms with E-state index in [2.05, 4.69) is 5.32 Å². The van der Waals surface area contributed by atoms with Crippen LogP contribution in [0.2, 0.25) is 0 Å². The van der Waals surface area contributed by atoms with Crippen LogP contribution in [0.4, 0.5) is 0 Å². The zero-order valence-corrected chi connectivity index (χ0v) is 7.03. The molecule has 0 saturated heterocycles. The Balaban J connectivity index is 4.64. The average molecular weight is 186 g/mol. The number of carbonyl (C=O) groups excluding carboxylic acids is 2. The first-order valence-electron chi connectivity index (χ1n) is 3.51. The van der Waals surface area contributed by atoms with Crippen LogP contribution in [0, 0.1) is 0 Å². The SMILES string of the molecule is CCNC(=O)/C=C(/C(N)=O)C(=O)O. The molecule has 0 bridgehead atoms. The second-order valence-electron chi connectivity index (χ2n) is 2.12. The van der Waals surface area contributed by atoms with Gasteiger partial charge in [0.1, 0.15) is 5.57 Å². The van der Waals surface area contributed by atoms with Gasteiger partial charge in [-0.25, -0.2) is 4.79 Å². The minimum absolute atomic E-state index is 0.348. The van der Waals surface area contributed by atoms with Crippen LogP contribution in [0.25, 0.3) is 0 Å². The molecule has 0 heterocycles. The molecule has 0 spiro atoms. The van der Waals surface area contributed by atoms with E-state index in [4.69, 9.17) is 10.8 Å². The Morgan fingerprint density at radius 3 is 2.31 bits per heavy atom. The van der Waals surface area contributed by atoms with Gasteiger partial charge in [-0.05, 0) is 6.92 Å². The Bertz CT molecular complexity index is 254. The molecule has 0 unspecified atom stereocenters. The van der Waals surface area contributed by atoms with Gasteiger partial charge >= 0.3 is 5.97 Å². The number of hydrogen-bond donors (Lipinski definition) is 3. The van der Waals surface area contributed by atoms with Crippen LogP contribution in [-0.2, 0) is 14.4 Å². The van der Waals surface area contributed by atoms with E-state index in [-0.39, 0.29) is 0 Å². The summed E-state index contributed by atoms with van der Waals surface area (Å²) in [5.74, 6) is -3.31. The summed E-state index contributed by atoms with van der Waals surface area (Å²) in [6, 6.07) is 0. The Hall–Kier alpha value is -1.85. The Morgan fingerprint density at radius 2 is 2.00 bits per heavy atom. The number of primary amides is 1. The zero-order chi connectivity index (χ0) is 10.4. The van der Waals surface area contributed by atoms with Crippen molar-refractivity contribution in [2.45, 2.75) is 6.92 Å². The summed E-state index contributed by atoms with van der Waals surface area (Å²) < 4.78 is 0. The topological polar surface area (TPSA) is 109 Å². The average Bonchev–Trinajstić information content (AvgIpc) is 1.99. The second-order valence-corrected chi connectivity index (χ2v) is 2.12. The number of carboxylic acid groups (broad SMARTS) is 1. The molecule has 2 amide bonds. The number of likely N-dealkylation sites (N-methyl/N-ethyl adjacent to an activating group) is 1. The standard InChI is InChI=1S/C7H10N2O4/c1-2-9-5(10)3-4(6(8)11)7(12)13/h3H,2H2,1H3,(H2,8,11)(H,9,10)(H,12,13)/b4-3-. The summed E-state index contributed by atoms with van der Waals surface area (Å²) in [6.45, 7) is 2.01. The predicted octanol–water partition coefficient (Wildman–Crippen LogP) is -1.38. The van der Waals surface area contributed by atoms with Crippen LogP contribution in [0.1, 0.15) is 6.92 Å². The number of carboxylic acids is 1. The maximum atomic E-state index is 10.8. The zero-order valence-electron chi connectivity index (χ0n) is 7.03. The number of carbonyl (C=O) groups is 3. The highest BCUT2D eigenvalue weighted by molar-refractivity contribution is 6.18. The number of rotatable bonds is 4. The first-order chi connectivity index (χ1) is 5.99. The molecule has 0 aliphatic carbocycles. The molecule has 6 heteroatoms.